The summed E-state index contributed by atoms with van der Waals surface area (Å²) in [6, 6.07) is 0.0383. The van der Waals surface area contributed by atoms with Crippen LogP contribution in [0.2, 0.25) is 0 Å². The van der Waals surface area contributed by atoms with Crippen LogP contribution in [0.4, 0.5) is 4.79 Å². The first kappa shape index (κ1) is 9.63. The molecule has 74 valence electrons. The molecule has 0 aromatic carbocycles. The van der Waals surface area contributed by atoms with E-state index in [9.17, 15) is 4.79 Å². The maximum Gasteiger partial charge on any atom is 0.407 e. The average Bonchev–Trinajstić information content (AvgIpc) is 2.52. The van der Waals surface area contributed by atoms with Crippen molar-refractivity contribution in [2.75, 3.05) is 20.2 Å². The van der Waals surface area contributed by atoms with E-state index in [1.807, 2.05) is 0 Å². The Morgan fingerprint density at radius 3 is 2.92 bits per heavy atom. The highest BCUT2D eigenvalue weighted by molar-refractivity contribution is 5.75. The van der Waals surface area contributed by atoms with Gasteiger partial charge in [-0.15, -0.1) is 0 Å². The van der Waals surface area contributed by atoms with Gasteiger partial charge in [0, 0.05) is 13.1 Å². The quantitative estimate of drug-likeness (QED) is 0.373. The number of hydrogen-bond acceptors (Lipinski definition) is 3. The lowest BCUT2D eigenvalue weighted by Gasteiger charge is -2.15. The first-order valence-corrected chi connectivity index (χ1v) is 4.07. The zero-order chi connectivity index (χ0) is 9.84. The zero-order valence-electron chi connectivity index (χ0n) is 7.54. The second kappa shape index (κ2) is 3.97. The third kappa shape index (κ3) is 2.50. The van der Waals surface area contributed by atoms with E-state index in [4.69, 9.17) is 11.1 Å². The minimum Gasteiger partial charge on any atom is -0.453 e. The van der Waals surface area contributed by atoms with Crippen LogP contribution in [0.1, 0.15) is 6.42 Å². The Morgan fingerprint density at radius 2 is 2.46 bits per heavy atom. The monoisotopic (exact) mass is 186 g/mol. The molecule has 1 rings (SSSR count). The summed E-state index contributed by atoms with van der Waals surface area (Å²) in [5.74, 6) is 0.0502. The molecule has 6 nitrogen and oxygen atoms in total. The Morgan fingerprint density at radius 1 is 1.77 bits per heavy atom. The number of methoxy groups -OCH3 is 1. The van der Waals surface area contributed by atoms with Gasteiger partial charge in [-0.05, 0) is 6.42 Å². The van der Waals surface area contributed by atoms with Gasteiger partial charge in [-0.25, -0.2) is 4.79 Å². The molecule has 0 aliphatic carbocycles. The summed E-state index contributed by atoms with van der Waals surface area (Å²) in [6.07, 6.45) is 0.365. The number of guanidine groups is 1. The van der Waals surface area contributed by atoms with Crippen LogP contribution in [0.15, 0.2) is 0 Å². The Balaban J connectivity index is 2.33. The number of nitrogens with one attached hydrogen (secondary N) is 2. The first-order chi connectivity index (χ1) is 6.13. The SMILES string of the molecule is COC(=O)NC1CCN(C(=N)N)C1. The molecule has 1 unspecified atom stereocenters. The molecular formula is C7H14N4O2. The molecule has 0 bridgehead atoms. The number of carbonyl (C=O) groups is 1. The molecular weight excluding hydrogens is 172 g/mol. The van der Waals surface area contributed by atoms with E-state index in [0.717, 1.165) is 6.42 Å². The van der Waals surface area contributed by atoms with Gasteiger partial charge < -0.3 is 20.7 Å². The molecule has 1 fully saturated rings. The number of hydrogen-bond donors (Lipinski definition) is 3. The van der Waals surface area contributed by atoms with Crippen molar-refractivity contribution in [3.63, 3.8) is 0 Å². The lowest BCUT2D eigenvalue weighted by Crippen LogP contribution is -2.40. The Labute approximate surface area is 76.5 Å². The average molecular weight is 186 g/mol. The van der Waals surface area contributed by atoms with Crippen LogP contribution >= 0.6 is 0 Å². The summed E-state index contributed by atoms with van der Waals surface area (Å²) in [5, 5.41) is 9.83. The van der Waals surface area contributed by atoms with Gasteiger partial charge in [0.1, 0.15) is 0 Å². The highest BCUT2D eigenvalue weighted by atomic mass is 16.5. The van der Waals surface area contributed by atoms with Crippen LogP contribution < -0.4 is 11.1 Å². The predicted octanol–water partition coefficient (Wildman–Crippen LogP) is -0.690. The topological polar surface area (TPSA) is 91.4 Å². The van der Waals surface area contributed by atoms with Crippen LogP contribution in [0.3, 0.4) is 0 Å². The third-order valence-electron chi connectivity index (χ3n) is 2.04. The molecule has 0 spiro atoms. The van der Waals surface area contributed by atoms with Crippen LogP contribution in [0.25, 0.3) is 0 Å². The second-order valence-electron chi connectivity index (χ2n) is 2.95. The largest absolute Gasteiger partial charge is 0.453 e. The Hall–Kier alpha value is -1.46. The van der Waals surface area contributed by atoms with Gasteiger partial charge in [0.25, 0.3) is 0 Å². The number of alkyl carbamates (subject to hydrolysis) is 1. The van der Waals surface area contributed by atoms with Crippen molar-refractivity contribution < 1.29 is 9.53 Å². The highest BCUT2D eigenvalue weighted by Crippen LogP contribution is 2.07. The number of likely N-dealkylation sites (tertiary alicyclic amines) is 1. The van der Waals surface area contributed by atoms with Crippen LogP contribution in [-0.4, -0.2) is 43.2 Å². The summed E-state index contributed by atoms with van der Waals surface area (Å²) in [6.45, 7) is 1.30. The minimum absolute atomic E-state index is 0.0383. The molecule has 1 amide bonds. The van der Waals surface area contributed by atoms with Crippen molar-refractivity contribution in [1.29, 1.82) is 5.41 Å². The molecule has 1 aliphatic rings. The molecule has 1 heterocycles. The fourth-order valence-electron chi connectivity index (χ4n) is 1.32. The van der Waals surface area contributed by atoms with E-state index in [0.29, 0.717) is 13.1 Å². The highest BCUT2D eigenvalue weighted by Gasteiger charge is 2.24. The fraction of sp³-hybridized carbons (Fsp3) is 0.714. The Kier molecular flexibility index (Phi) is 2.94. The van der Waals surface area contributed by atoms with E-state index in [1.165, 1.54) is 7.11 Å². The molecule has 1 saturated heterocycles. The summed E-state index contributed by atoms with van der Waals surface area (Å²) in [4.78, 5) is 12.5. The van der Waals surface area contributed by atoms with E-state index in [-0.39, 0.29) is 12.0 Å². The lowest BCUT2D eigenvalue weighted by atomic mass is 10.3. The van der Waals surface area contributed by atoms with E-state index in [2.05, 4.69) is 10.1 Å². The van der Waals surface area contributed by atoms with Gasteiger partial charge in [-0.3, -0.25) is 5.41 Å². The van der Waals surface area contributed by atoms with Gasteiger partial charge in [0.2, 0.25) is 0 Å². The molecule has 1 atom stereocenters. The molecule has 0 saturated carbocycles. The summed E-state index contributed by atoms with van der Waals surface area (Å²) in [7, 11) is 1.33. The van der Waals surface area contributed by atoms with Crippen molar-refractivity contribution in [1.82, 2.24) is 10.2 Å². The minimum atomic E-state index is -0.435. The summed E-state index contributed by atoms with van der Waals surface area (Å²) in [5.41, 5.74) is 5.29. The molecule has 0 radical (unpaired) electrons. The van der Waals surface area contributed by atoms with Crippen molar-refractivity contribution in [2.24, 2.45) is 5.73 Å². The van der Waals surface area contributed by atoms with Crippen molar-refractivity contribution >= 4 is 12.1 Å². The van der Waals surface area contributed by atoms with E-state index in [1.54, 1.807) is 4.90 Å². The summed E-state index contributed by atoms with van der Waals surface area (Å²) < 4.78 is 4.45. The number of carbonyl (C=O) groups excluding carboxylic acids is 1. The normalized spacial score (nSPS) is 21.3. The number of rotatable bonds is 1. The molecule has 13 heavy (non-hydrogen) atoms. The maximum absolute atomic E-state index is 10.8. The Bertz CT molecular complexity index is 219. The number of nitrogens with two attached hydrogens (primary N) is 1. The molecule has 1 aliphatic heterocycles. The molecule has 6 heteroatoms. The van der Waals surface area contributed by atoms with Crippen molar-refractivity contribution in [3.8, 4) is 0 Å². The standard InChI is InChI=1S/C7H14N4O2/c1-13-7(12)10-5-2-3-11(4-5)6(8)9/h5H,2-4H2,1H3,(H3,8,9)(H,10,12). The van der Waals surface area contributed by atoms with Crippen LogP contribution in [0.5, 0.6) is 0 Å². The van der Waals surface area contributed by atoms with Gasteiger partial charge in [0.05, 0.1) is 13.2 Å². The van der Waals surface area contributed by atoms with Crippen LogP contribution in [0, 0.1) is 5.41 Å². The van der Waals surface area contributed by atoms with Gasteiger partial charge >= 0.3 is 6.09 Å². The first-order valence-electron chi connectivity index (χ1n) is 4.07. The third-order valence-corrected chi connectivity index (χ3v) is 2.04. The predicted molar refractivity (Wildman–Crippen MR) is 47.4 cm³/mol. The van der Waals surface area contributed by atoms with E-state index >= 15 is 0 Å². The van der Waals surface area contributed by atoms with Crippen molar-refractivity contribution in [2.45, 2.75) is 12.5 Å². The summed E-state index contributed by atoms with van der Waals surface area (Å²) >= 11 is 0. The van der Waals surface area contributed by atoms with Gasteiger partial charge in [-0.2, -0.15) is 0 Å². The van der Waals surface area contributed by atoms with E-state index < -0.39 is 6.09 Å². The molecule has 0 aromatic heterocycles. The molecule has 0 aromatic rings. The maximum atomic E-state index is 10.8. The lowest BCUT2D eigenvalue weighted by molar-refractivity contribution is 0.167. The zero-order valence-corrected chi connectivity index (χ0v) is 7.54. The number of ether oxygens (including phenoxy) is 1. The smallest absolute Gasteiger partial charge is 0.407 e. The second-order valence-corrected chi connectivity index (χ2v) is 2.95. The van der Waals surface area contributed by atoms with Gasteiger partial charge in [-0.1, -0.05) is 0 Å². The van der Waals surface area contributed by atoms with Crippen molar-refractivity contribution in [3.05, 3.63) is 0 Å². The number of nitrogens with zero attached hydrogens (tertiary/aromatic N) is 1. The van der Waals surface area contributed by atoms with Crippen LogP contribution in [-0.2, 0) is 4.74 Å². The van der Waals surface area contributed by atoms with Gasteiger partial charge in [0.15, 0.2) is 5.96 Å². The fourth-order valence-corrected chi connectivity index (χ4v) is 1.32. The number of amides is 1. The molecule has 4 N–H and O–H groups in total.